The first-order chi connectivity index (χ1) is 10.2. The number of aliphatic hydroxyl groups is 1. The van der Waals surface area contributed by atoms with E-state index in [1.54, 1.807) is 0 Å². The van der Waals surface area contributed by atoms with Crippen LogP contribution in [0.5, 0.6) is 0 Å². The first kappa shape index (κ1) is 15.8. The van der Waals surface area contributed by atoms with Crippen molar-refractivity contribution in [1.82, 2.24) is 4.90 Å². The third-order valence-electron chi connectivity index (χ3n) is 3.85. The van der Waals surface area contributed by atoms with E-state index < -0.39 is 0 Å². The Hall–Kier alpha value is -1.59. The Morgan fingerprint density at radius 1 is 1.29 bits per heavy atom. The number of likely N-dealkylation sites (tertiary alicyclic amines) is 1. The lowest BCUT2D eigenvalue weighted by Gasteiger charge is -2.32. The van der Waals surface area contributed by atoms with E-state index in [0.29, 0.717) is 13.0 Å². The van der Waals surface area contributed by atoms with Crippen molar-refractivity contribution in [1.29, 1.82) is 0 Å². The monoisotopic (exact) mass is 292 g/mol. The number of nitrogen functional groups attached to an aromatic ring is 1. The lowest BCUT2D eigenvalue weighted by Crippen LogP contribution is -2.41. The minimum absolute atomic E-state index is 0.0563. The van der Waals surface area contributed by atoms with Gasteiger partial charge in [-0.1, -0.05) is 12.1 Å². The Labute approximate surface area is 125 Å². The summed E-state index contributed by atoms with van der Waals surface area (Å²) < 4.78 is 5.50. The molecule has 0 atom stereocenters. The number of aliphatic hydroxyl groups excluding tert-OH is 1. The molecule has 5 nitrogen and oxygen atoms in total. The number of piperidine rings is 1. The van der Waals surface area contributed by atoms with Crippen molar-refractivity contribution in [2.24, 2.45) is 0 Å². The van der Waals surface area contributed by atoms with Crippen LogP contribution >= 0.6 is 0 Å². The molecule has 116 valence electrons. The predicted molar refractivity (Wildman–Crippen MR) is 81.8 cm³/mol. The first-order valence-electron chi connectivity index (χ1n) is 7.53. The lowest BCUT2D eigenvalue weighted by molar-refractivity contribution is -0.133. The lowest BCUT2D eigenvalue weighted by atomic mass is 10.1. The van der Waals surface area contributed by atoms with Gasteiger partial charge in [0.2, 0.25) is 5.91 Å². The van der Waals surface area contributed by atoms with Crippen LogP contribution in [-0.2, 0) is 16.0 Å². The maximum absolute atomic E-state index is 12.2. The fourth-order valence-corrected chi connectivity index (χ4v) is 2.58. The van der Waals surface area contributed by atoms with Crippen LogP contribution in [0.15, 0.2) is 24.3 Å². The average Bonchev–Trinajstić information content (AvgIpc) is 2.52. The summed E-state index contributed by atoms with van der Waals surface area (Å²) >= 11 is 0. The van der Waals surface area contributed by atoms with E-state index in [9.17, 15) is 4.79 Å². The van der Waals surface area contributed by atoms with E-state index in [4.69, 9.17) is 15.6 Å². The summed E-state index contributed by atoms with van der Waals surface area (Å²) in [4.78, 5) is 14.1. The number of benzene rings is 1. The molecule has 1 aliphatic heterocycles. The second kappa shape index (κ2) is 8.00. The molecule has 0 aliphatic carbocycles. The third-order valence-corrected chi connectivity index (χ3v) is 3.85. The Kier molecular flexibility index (Phi) is 6.02. The number of amides is 1. The highest BCUT2D eigenvalue weighted by molar-refractivity contribution is 5.76. The number of carbonyl (C=O) groups excluding carboxylic acids is 1. The first-order valence-corrected chi connectivity index (χ1v) is 7.53. The van der Waals surface area contributed by atoms with Crippen LogP contribution in [0.1, 0.15) is 24.8 Å². The number of aryl methyl sites for hydroxylation is 1. The van der Waals surface area contributed by atoms with Gasteiger partial charge in [0.15, 0.2) is 0 Å². The molecule has 0 bridgehead atoms. The van der Waals surface area contributed by atoms with Gasteiger partial charge in [0.1, 0.15) is 0 Å². The number of carbonyl (C=O) groups is 1. The van der Waals surface area contributed by atoms with Gasteiger partial charge in [-0.25, -0.2) is 0 Å². The molecular weight excluding hydrogens is 268 g/mol. The summed E-state index contributed by atoms with van der Waals surface area (Å²) in [5, 5.41) is 8.74. The summed E-state index contributed by atoms with van der Waals surface area (Å²) in [5.74, 6) is 0.201. The topological polar surface area (TPSA) is 75.8 Å². The quantitative estimate of drug-likeness (QED) is 0.773. The number of hydrogen-bond donors (Lipinski definition) is 2. The number of rotatable bonds is 6. The second-order valence-corrected chi connectivity index (χ2v) is 5.42. The van der Waals surface area contributed by atoms with Gasteiger partial charge in [-0.3, -0.25) is 4.79 Å². The van der Waals surface area contributed by atoms with Crippen molar-refractivity contribution in [3.63, 3.8) is 0 Å². The molecule has 1 aromatic rings. The summed E-state index contributed by atoms with van der Waals surface area (Å²) in [7, 11) is 0. The fraction of sp³-hybridized carbons (Fsp3) is 0.562. The number of hydrogen-bond acceptors (Lipinski definition) is 4. The molecule has 1 aromatic carbocycles. The Morgan fingerprint density at radius 2 is 1.95 bits per heavy atom. The molecule has 1 heterocycles. The van der Waals surface area contributed by atoms with E-state index in [0.717, 1.165) is 43.6 Å². The van der Waals surface area contributed by atoms with Crippen LogP contribution in [0.2, 0.25) is 0 Å². The maximum Gasteiger partial charge on any atom is 0.222 e. The van der Waals surface area contributed by atoms with Gasteiger partial charge in [0.25, 0.3) is 0 Å². The summed E-state index contributed by atoms with van der Waals surface area (Å²) in [6.45, 7) is 1.93. The zero-order chi connectivity index (χ0) is 15.1. The highest BCUT2D eigenvalue weighted by Crippen LogP contribution is 2.15. The van der Waals surface area contributed by atoms with Crippen molar-refractivity contribution < 1.29 is 14.6 Å². The van der Waals surface area contributed by atoms with Gasteiger partial charge in [-0.15, -0.1) is 0 Å². The number of nitrogens with zero attached hydrogens (tertiary/aromatic N) is 1. The molecule has 2 rings (SSSR count). The van der Waals surface area contributed by atoms with Crippen LogP contribution in [0.3, 0.4) is 0 Å². The van der Waals surface area contributed by atoms with Crippen molar-refractivity contribution >= 4 is 11.6 Å². The van der Waals surface area contributed by atoms with Crippen LogP contribution in [0.4, 0.5) is 5.69 Å². The summed E-state index contributed by atoms with van der Waals surface area (Å²) in [6.07, 6.45) is 3.17. The van der Waals surface area contributed by atoms with Crippen LogP contribution in [0, 0.1) is 0 Å². The molecule has 1 saturated heterocycles. The summed E-state index contributed by atoms with van der Waals surface area (Å²) in [5.41, 5.74) is 7.53. The van der Waals surface area contributed by atoms with Crippen LogP contribution in [0.25, 0.3) is 0 Å². The number of ether oxygens (including phenoxy) is 1. The van der Waals surface area contributed by atoms with Crippen molar-refractivity contribution in [2.45, 2.75) is 31.8 Å². The minimum Gasteiger partial charge on any atom is -0.399 e. The van der Waals surface area contributed by atoms with Gasteiger partial charge < -0.3 is 20.5 Å². The molecule has 0 saturated carbocycles. The largest absolute Gasteiger partial charge is 0.399 e. The molecule has 0 spiro atoms. The Bertz CT molecular complexity index is 439. The van der Waals surface area contributed by atoms with Crippen molar-refractivity contribution in [3.8, 4) is 0 Å². The maximum atomic E-state index is 12.2. The van der Waals surface area contributed by atoms with Crippen LogP contribution in [-0.4, -0.2) is 48.3 Å². The highest BCUT2D eigenvalue weighted by atomic mass is 16.5. The number of anilines is 1. The summed E-state index contributed by atoms with van der Waals surface area (Å²) in [6, 6.07) is 7.67. The molecule has 1 amide bonds. The van der Waals surface area contributed by atoms with E-state index in [2.05, 4.69) is 0 Å². The SMILES string of the molecule is Nc1ccc(CCC(=O)N2CCC(OCCO)CC2)cc1. The standard InChI is InChI=1S/C16H24N2O3/c17-14-4-1-13(2-5-14)3-6-16(20)18-9-7-15(8-10-18)21-12-11-19/h1-2,4-5,15,19H,3,6-12,17H2. The second-order valence-electron chi connectivity index (χ2n) is 5.42. The van der Waals surface area contributed by atoms with Gasteiger partial charge in [0.05, 0.1) is 19.3 Å². The number of nitrogens with two attached hydrogens (primary N) is 1. The van der Waals surface area contributed by atoms with Gasteiger partial charge in [-0.2, -0.15) is 0 Å². The van der Waals surface area contributed by atoms with E-state index in [1.165, 1.54) is 0 Å². The fourth-order valence-electron chi connectivity index (χ4n) is 2.58. The van der Waals surface area contributed by atoms with Gasteiger partial charge in [-0.05, 0) is 37.0 Å². The third kappa shape index (κ3) is 5.02. The molecule has 1 fully saturated rings. The molecule has 21 heavy (non-hydrogen) atoms. The Balaban J connectivity index is 1.71. The Morgan fingerprint density at radius 3 is 2.57 bits per heavy atom. The van der Waals surface area contributed by atoms with E-state index in [1.807, 2.05) is 29.2 Å². The molecule has 3 N–H and O–H groups in total. The van der Waals surface area contributed by atoms with Crippen molar-refractivity contribution in [2.75, 3.05) is 32.0 Å². The normalized spacial score (nSPS) is 16.1. The van der Waals surface area contributed by atoms with Gasteiger partial charge in [0, 0.05) is 25.2 Å². The smallest absolute Gasteiger partial charge is 0.222 e. The zero-order valence-corrected chi connectivity index (χ0v) is 12.3. The molecule has 0 aromatic heterocycles. The van der Waals surface area contributed by atoms with E-state index >= 15 is 0 Å². The van der Waals surface area contributed by atoms with Crippen LogP contribution < -0.4 is 5.73 Å². The minimum atomic E-state index is 0.0563. The molecule has 5 heteroatoms. The van der Waals surface area contributed by atoms with E-state index in [-0.39, 0.29) is 18.6 Å². The molecule has 1 aliphatic rings. The van der Waals surface area contributed by atoms with Gasteiger partial charge >= 0.3 is 0 Å². The average molecular weight is 292 g/mol. The highest BCUT2D eigenvalue weighted by Gasteiger charge is 2.22. The van der Waals surface area contributed by atoms with Crippen molar-refractivity contribution in [3.05, 3.63) is 29.8 Å². The molecule has 0 unspecified atom stereocenters. The molecular formula is C16H24N2O3. The predicted octanol–water partition coefficient (Wildman–Crippen LogP) is 1.20. The zero-order valence-electron chi connectivity index (χ0n) is 12.3. The molecule has 0 radical (unpaired) electrons.